The number of nitrogens with two attached hydrogens (primary N) is 1. The molecule has 4 N–H and O–H groups in total. The number of rotatable bonds is 3. The van der Waals surface area contributed by atoms with Crippen molar-refractivity contribution in [2.75, 3.05) is 5.73 Å². The Bertz CT molecular complexity index is 618. The zero-order valence-electron chi connectivity index (χ0n) is 10.6. The molecule has 0 radical (unpaired) electrons. The first-order valence-corrected chi connectivity index (χ1v) is 5.88. The Morgan fingerprint density at radius 1 is 1.11 bits per heavy atom. The summed E-state index contributed by atoms with van der Waals surface area (Å²) in [6.45, 7) is 1.56. The fourth-order valence-electron chi connectivity index (χ4n) is 1.83. The van der Waals surface area contributed by atoms with E-state index in [1.165, 1.54) is 12.1 Å². The highest BCUT2D eigenvalue weighted by atomic mass is 16.3. The number of carbonyl (C=O) groups is 1. The van der Waals surface area contributed by atoms with Gasteiger partial charge in [0.25, 0.3) is 0 Å². The molecule has 2 aromatic carbocycles. The minimum Gasteiger partial charge on any atom is -0.508 e. The molecule has 0 amide bonds. The molecule has 2 rings (SSSR count). The zero-order valence-corrected chi connectivity index (χ0v) is 10.6. The van der Waals surface area contributed by atoms with Gasteiger partial charge in [0, 0.05) is 17.7 Å². The number of ketones is 1. The highest BCUT2D eigenvalue weighted by Crippen LogP contribution is 2.30. The van der Waals surface area contributed by atoms with Crippen molar-refractivity contribution >= 4 is 11.5 Å². The number of hydrogen-bond acceptors (Lipinski definition) is 4. The van der Waals surface area contributed by atoms with Crippen LogP contribution < -0.4 is 5.73 Å². The van der Waals surface area contributed by atoms with Gasteiger partial charge in [0.15, 0.2) is 5.78 Å². The Kier molecular flexibility index (Phi) is 3.42. The summed E-state index contributed by atoms with van der Waals surface area (Å²) in [4.78, 5) is 12.1. The van der Waals surface area contributed by atoms with Gasteiger partial charge in [-0.15, -0.1) is 0 Å². The average molecular weight is 257 g/mol. The minimum absolute atomic E-state index is 0.0264. The van der Waals surface area contributed by atoms with Crippen molar-refractivity contribution in [3.8, 4) is 11.5 Å². The molecular formula is C15H15NO3. The van der Waals surface area contributed by atoms with Crippen LogP contribution in [0.2, 0.25) is 0 Å². The van der Waals surface area contributed by atoms with Gasteiger partial charge in [-0.05, 0) is 36.8 Å². The topological polar surface area (TPSA) is 83.5 Å². The Hall–Kier alpha value is -2.49. The van der Waals surface area contributed by atoms with Gasteiger partial charge in [0.2, 0.25) is 0 Å². The number of hydrogen-bond donors (Lipinski definition) is 3. The van der Waals surface area contributed by atoms with Crippen molar-refractivity contribution in [2.24, 2.45) is 0 Å². The summed E-state index contributed by atoms with van der Waals surface area (Å²) in [5, 5.41) is 19.3. The molecule has 0 aliphatic heterocycles. The maximum absolute atomic E-state index is 12.1. The van der Waals surface area contributed by atoms with E-state index in [0.29, 0.717) is 11.3 Å². The van der Waals surface area contributed by atoms with Crippen molar-refractivity contribution in [3.05, 3.63) is 53.1 Å². The Morgan fingerprint density at radius 3 is 2.37 bits per heavy atom. The lowest BCUT2D eigenvalue weighted by atomic mass is 10.00. The van der Waals surface area contributed by atoms with Crippen molar-refractivity contribution in [2.45, 2.75) is 13.3 Å². The summed E-state index contributed by atoms with van der Waals surface area (Å²) in [5.41, 5.74) is 7.56. The molecule has 0 fully saturated rings. The number of benzene rings is 2. The molecule has 98 valence electrons. The second-order valence-electron chi connectivity index (χ2n) is 4.45. The predicted molar refractivity (Wildman–Crippen MR) is 73.4 cm³/mol. The summed E-state index contributed by atoms with van der Waals surface area (Å²) in [6.07, 6.45) is 0.179. The largest absolute Gasteiger partial charge is 0.508 e. The fraction of sp³-hybridized carbons (Fsp3) is 0.133. The van der Waals surface area contributed by atoms with E-state index in [2.05, 4.69) is 0 Å². The van der Waals surface area contributed by atoms with Gasteiger partial charge < -0.3 is 15.9 Å². The average Bonchev–Trinajstić information content (AvgIpc) is 2.39. The summed E-state index contributed by atoms with van der Waals surface area (Å²) < 4.78 is 0. The van der Waals surface area contributed by atoms with Crippen LogP contribution in [-0.4, -0.2) is 16.0 Å². The van der Waals surface area contributed by atoms with E-state index < -0.39 is 0 Å². The number of aromatic hydroxyl groups is 2. The molecular weight excluding hydrogens is 242 g/mol. The molecule has 0 atom stereocenters. The van der Waals surface area contributed by atoms with Gasteiger partial charge in [-0.2, -0.15) is 0 Å². The molecule has 0 bridgehead atoms. The lowest BCUT2D eigenvalue weighted by Crippen LogP contribution is -2.04. The smallest absolute Gasteiger partial charge is 0.170 e. The first-order chi connectivity index (χ1) is 8.99. The second kappa shape index (κ2) is 5.02. The molecule has 0 unspecified atom stereocenters. The van der Waals surface area contributed by atoms with Crippen LogP contribution in [0.4, 0.5) is 5.69 Å². The van der Waals surface area contributed by atoms with Crippen molar-refractivity contribution < 1.29 is 15.0 Å². The van der Waals surface area contributed by atoms with Gasteiger partial charge in [0.1, 0.15) is 11.5 Å². The van der Waals surface area contributed by atoms with Gasteiger partial charge >= 0.3 is 0 Å². The highest BCUT2D eigenvalue weighted by molar-refractivity contribution is 6.00. The van der Waals surface area contributed by atoms with E-state index in [-0.39, 0.29) is 29.3 Å². The van der Waals surface area contributed by atoms with Crippen molar-refractivity contribution in [1.29, 1.82) is 0 Å². The lowest BCUT2D eigenvalue weighted by molar-refractivity contribution is 0.0990. The van der Waals surface area contributed by atoms with Crippen LogP contribution >= 0.6 is 0 Å². The third-order valence-corrected chi connectivity index (χ3v) is 3.05. The van der Waals surface area contributed by atoms with Crippen LogP contribution in [0.3, 0.4) is 0 Å². The number of anilines is 1. The quantitative estimate of drug-likeness (QED) is 0.582. The van der Waals surface area contributed by atoms with Crippen LogP contribution in [0.15, 0.2) is 36.4 Å². The number of phenolic OH excluding ortho intramolecular Hbond substituents is 2. The first kappa shape index (κ1) is 13.0. The van der Waals surface area contributed by atoms with E-state index in [4.69, 9.17) is 5.73 Å². The third-order valence-electron chi connectivity index (χ3n) is 3.05. The molecule has 0 saturated heterocycles. The monoisotopic (exact) mass is 257 g/mol. The summed E-state index contributed by atoms with van der Waals surface area (Å²) in [5.74, 6) is -0.396. The fourth-order valence-corrected chi connectivity index (χ4v) is 1.83. The number of phenols is 2. The molecule has 2 aromatic rings. The van der Waals surface area contributed by atoms with Crippen LogP contribution in [-0.2, 0) is 6.42 Å². The maximum Gasteiger partial charge on any atom is 0.170 e. The first-order valence-electron chi connectivity index (χ1n) is 5.88. The zero-order chi connectivity index (χ0) is 14.0. The molecule has 19 heavy (non-hydrogen) atoms. The normalized spacial score (nSPS) is 10.4. The summed E-state index contributed by atoms with van der Waals surface area (Å²) >= 11 is 0. The van der Waals surface area contributed by atoms with Crippen LogP contribution in [0.25, 0.3) is 0 Å². The van der Waals surface area contributed by atoms with Gasteiger partial charge in [-0.3, -0.25) is 4.79 Å². The molecule has 4 nitrogen and oxygen atoms in total. The minimum atomic E-state index is -0.203. The van der Waals surface area contributed by atoms with Crippen LogP contribution in [0, 0.1) is 6.92 Å². The van der Waals surface area contributed by atoms with Gasteiger partial charge in [0.05, 0.1) is 5.56 Å². The van der Waals surface area contributed by atoms with Crippen molar-refractivity contribution in [3.63, 3.8) is 0 Å². The maximum atomic E-state index is 12.1. The van der Waals surface area contributed by atoms with E-state index >= 15 is 0 Å². The Morgan fingerprint density at radius 2 is 1.74 bits per heavy atom. The van der Waals surface area contributed by atoms with E-state index in [9.17, 15) is 15.0 Å². The molecule has 0 aliphatic carbocycles. The summed E-state index contributed by atoms with van der Waals surface area (Å²) in [7, 11) is 0. The Balaban J connectivity index is 2.25. The molecule has 4 heteroatoms. The molecule has 0 spiro atoms. The van der Waals surface area contributed by atoms with E-state index in [1.54, 1.807) is 31.2 Å². The van der Waals surface area contributed by atoms with Crippen LogP contribution in [0.1, 0.15) is 21.5 Å². The second-order valence-corrected chi connectivity index (χ2v) is 4.45. The summed E-state index contributed by atoms with van der Waals surface area (Å²) in [6, 6.07) is 9.84. The van der Waals surface area contributed by atoms with E-state index in [0.717, 1.165) is 5.56 Å². The highest BCUT2D eigenvalue weighted by Gasteiger charge is 2.15. The van der Waals surface area contributed by atoms with E-state index in [1.807, 2.05) is 0 Å². The SMILES string of the molecule is Cc1c(O)ccc(C(=O)Cc2ccc(N)cc2)c1O. The van der Waals surface area contributed by atoms with Gasteiger partial charge in [-0.25, -0.2) is 0 Å². The Labute approximate surface area is 111 Å². The lowest BCUT2D eigenvalue weighted by Gasteiger charge is -2.08. The molecule has 0 aromatic heterocycles. The number of carbonyl (C=O) groups excluding carboxylic acids is 1. The number of Topliss-reactive ketones (excluding diaryl/α,β-unsaturated/α-hetero) is 1. The predicted octanol–water partition coefficient (Wildman–Crippen LogP) is 2.41. The van der Waals surface area contributed by atoms with Crippen molar-refractivity contribution in [1.82, 2.24) is 0 Å². The molecule has 0 saturated carbocycles. The molecule has 0 aliphatic rings. The standard InChI is InChI=1S/C15H15NO3/c1-9-13(17)7-6-12(15(9)19)14(18)8-10-2-4-11(16)5-3-10/h2-7,17,19H,8,16H2,1H3. The van der Waals surface area contributed by atoms with Crippen LogP contribution in [0.5, 0.6) is 11.5 Å². The van der Waals surface area contributed by atoms with Gasteiger partial charge in [-0.1, -0.05) is 12.1 Å². The molecule has 0 heterocycles. The third kappa shape index (κ3) is 2.68. The number of nitrogen functional groups attached to an aromatic ring is 1.